The van der Waals surface area contributed by atoms with E-state index in [9.17, 15) is 25.2 Å². The summed E-state index contributed by atoms with van der Waals surface area (Å²) in [7, 11) is 0. The number of allylic oxidation sites excluding steroid dienone is 1. The molecule has 0 bridgehead atoms. The van der Waals surface area contributed by atoms with Crippen molar-refractivity contribution < 1.29 is 39.4 Å². The Bertz CT molecular complexity index is 1190. The number of rotatable bonds is 6. The molecule has 15 atom stereocenters. The molecule has 254 valence electrons. The van der Waals surface area contributed by atoms with Crippen LogP contribution in [0.3, 0.4) is 0 Å². The fourth-order valence-corrected chi connectivity index (χ4v) is 11.2. The fourth-order valence-electron chi connectivity index (χ4n) is 11.2. The highest BCUT2D eigenvalue weighted by Gasteiger charge is 2.68. The third-order valence-corrected chi connectivity index (χ3v) is 14.0. The lowest BCUT2D eigenvalue weighted by Gasteiger charge is -2.62. The Morgan fingerprint density at radius 3 is 2.49 bits per heavy atom. The monoisotopic (exact) mass is 631 g/mol. The van der Waals surface area contributed by atoms with Crippen LogP contribution in [0, 0.1) is 45.8 Å². The molecule has 4 aliphatic carbocycles. The van der Waals surface area contributed by atoms with Crippen molar-refractivity contribution >= 4 is 11.7 Å². The standard InChI is InChI=1S/C36H57NO8/c1-19-7-10-26(37-17-19)20(2)29-27(43-21(3)39)16-36(6)25-9-8-22-15-23(11-13-34(22,4)24(25)12-14-35(29,36)5)44-33-32(42)31(41)30(40)28(18-38)45-33/h8,19-20,23-25,27-33,38,40-42H,7,9-18H2,1-6H3/t19-,20+,23-,24-,25+,27+,28+,29-,30+,31-,32+,33+,34-,35+,36-/m0/s1. The van der Waals surface area contributed by atoms with Crippen LogP contribution in [0.2, 0.25) is 0 Å². The molecule has 0 amide bonds. The van der Waals surface area contributed by atoms with E-state index in [4.69, 9.17) is 19.2 Å². The summed E-state index contributed by atoms with van der Waals surface area (Å²) in [5.74, 6) is 1.98. The van der Waals surface area contributed by atoms with Gasteiger partial charge in [0.1, 0.15) is 30.5 Å². The van der Waals surface area contributed by atoms with Gasteiger partial charge in [-0.25, -0.2) is 0 Å². The predicted molar refractivity (Wildman–Crippen MR) is 169 cm³/mol. The van der Waals surface area contributed by atoms with Crippen molar-refractivity contribution in [3.63, 3.8) is 0 Å². The van der Waals surface area contributed by atoms with Crippen molar-refractivity contribution in [2.75, 3.05) is 13.2 Å². The molecule has 0 aromatic heterocycles. The lowest BCUT2D eigenvalue weighted by atomic mass is 9.42. The number of hydrogen-bond donors (Lipinski definition) is 4. The first kappa shape index (κ1) is 33.5. The molecule has 2 heterocycles. The molecule has 0 spiro atoms. The van der Waals surface area contributed by atoms with Gasteiger partial charge in [0.2, 0.25) is 0 Å². The highest BCUT2D eigenvalue weighted by Crippen LogP contribution is 2.73. The number of aliphatic imine (C=N–C) groups is 1. The van der Waals surface area contributed by atoms with Crippen LogP contribution in [0.25, 0.3) is 0 Å². The van der Waals surface area contributed by atoms with Gasteiger partial charge in [-0.3, -0.25) is 9.79 Å². The number of carbonyl (C=O) groups excluding carboxylic acids is 1. The smallest absolute Gasteiger partial charge is 0.302 e. The van der Waals surface area contributed by atoms with E-state index in [1.165, 1.54) is 17.7 Å². The molecule has 0 aromatic rings. The lowest BCUT2D eigenvalue weighted by Crippen LogP contribution is -2.60. The molecule has 0 radical (unpaired) electrons. The van der Waals surface area contributed by atoms with E-state index in [0.717, 1.165) is 57.9 Å². The predicted octanol–water partition coefficient (Wildman–Crippen LogP) is 4.19. The second kappa shape index (κ2) is 12.3. The molecule has 9 heteroatoms. The van der Waals surface area contributed by atoms with Gasteiger partial charge in [0, 0.05) is 31.0 Å². The molecule has 45 heavy (non-hydrogen) atoms. The first-order valence-electron chi connectivity index (χ1n) is 17.6. The van der Waals surface area contributed by atoms with Gasteiger partial charge in [-0.05, 0) is 91.8 Å². The van der Waals surface area contributed by atoms with E-state index in [2.05, 4.69) is 40.7 Å². The summed E-state index contributed by atoms with van der Waals surface area (Å²) in [6.45, 7) is 14.0. The number of esters is 1. The average molecular weight is 632 g/mol. The molecule has 0 aromatic carbocycles. The summed E-state index contributed by atoms with van der Waals surface area (Å²) in [5, 5.41) is 40.6. The molecule has 1 saturated heterocycles. The number of ether oxygens (including phenoxy) is 3. The van der Waals surface area contributed by atoms with Gasteiger partial charge in [0.25, 0.3) is 0 Å². The minimum Gasteiger partial charge on any atom is -0.462 e. The van der Waals surface area contributed by atoms with Crippen molar-refractivity contribution in [1.29, 1.82) is 0 Å². The van der Waals surface area contributed by atoms with E-state index in [-0.39, 0.29) is 46.3 Å². The van der Waals surface area contributed by atoms with Crippen LogP contribution in [-0.4, -0.2) is 88.2 Å². The van der Waals surface area contributed by atoms with Gasteiger partial charge in [-0.2, -0.15) is 0 Å². The van der Waals surface area contributed by atoms with Crippen LogP contribution >= 0.6 is 0 Å². The highest BCUT2D eigenvalue weighted by molar-refractivity contribution is 5.87. The van der Waals surface area contributed by atoms with E-state index in [0.29, 0.717) is 17.8 Å². The van der Waals surface area contributed by atoms with Crippen LogP contribution in [0.5, 0.6) is 0 Å². The van der Waals surface area contributed by atoms with Gasteiger partial charge < -0.3 is 34.6 Å². The molecular weight excluding hydrogens is 574 g/mol. The van der Waals surface area contributed by atoms with Gasteiger partial charge >= 0.3 is 5.97 Å². The average Bonchev–Trinajstić information content (AvgIpc) is 3.23. The number of aliphatic hydroxyl groups is 4. The molecule has 4 fully saturated rings. The van der Waals surface area contributed by atoms with E-state index in [1.807, 2.05) is 0 Å². The van der Waals surface area contributed by atoms with E-state index >= 15 is 0 Å². The molecule has 0 unspecified atom stereocenters. The molecule has 9 nitrogen and oxygen atoms in total. The normalized spacial score (nSPS) is 50.4. The summed E-state index contributed by atoms with van der Waals surface area (Å²) in [6, 6.07) is 0. The van der Waals surface area contributed by atoms with Crippen molar-refractivity contribution in [2.24, 2.45) is 50.8 Å². The minimum atomic E-state index is -1.44. The number of carbonyl (C=O) groups is 1. The first-order chi connectivity index (χ1) is 21.2. The van der Waals surface area contributed by atoms with Crippen LogP contribution in [0.1, 0.15) is 99.3 Å². The molecule has 6 rings (SSSR count). The number of aliphatic hydroxyl groups excluding tert-OH is 4. The van der Waals surface area contributed by atoms with Crippen LogP contribution in [0.4, 0.5) is 0 Å². The Morgan fingerprint density at radius 2 is 1.82 bits per heavy atom. The highest BCUT2D eigenvalue weighted by atomic mass is 16.7. The van der Waals surface area contributed by atoms with Gasteiger partial charge in [-0.15, -0.1) is 0 Å². The fraction of sp³-hybridized carbons (Fsp3) is 0.889. The van der Waals surface area contributed by atoms with Gasteiger partial charge in [0.15, 0.2) is 6.29 Å². The first-order valence-corrected chi connectivity index (χ1v) is 17.6. The number of nitrogens with zero attached hydrogens (tertiary/aromatic N) is 1. The Balaban J connectivity index is 1.23. The maximum absolute atomic E-state index is 12.4. The Labute approximate surface area is 268 Å². The van der Waals surface area contributed by atoms with E-state index in [1.54, 1.807) is 6.92 Å². The topological polar surface area (TPSA) is 138 Å². The van der Waals surface area contributed by atoms with Crippen LogP contribution in [0.15, 0.2) is 16.6 Å². The molecule has 4 N–H and O–H groups in total. The zero-order valence-corrected chi connectivity index (χ0v) is 28.2. The second-order valence-corrected chi connectivity index (χ2v) is 16.3. The van der Waals surface area contributed by atoms with E-state index < -0.39 is 37.3 Å². The zero-order chi connectivity index (χ0) is 32.5. The summed E-state index contributed by atoms with van der Waals surface area (Å²) in [4.78, 5) is 17.5. The van der Waals surface area contributed by atoms with Crippen molar-refractivity contribution in [1.82, 2.24) is 0 Å². The number of hydrogen-bond acceptors (Lipinski definition) is 9. The quantitative estimate of drug-likeness (QED) is 0.253. The minimum absolute atomic E-state index is 0.0200. The SMILES string of the molecule is CC(=O)O[C@@H]1C[C@@]2(C)[C@@H]3CC=C4C[C@@H](O[C@@H]5O[C@H](CO)[C@@H](O)[C@H](O)[C@H]5O)CC[C@]4(C)[C@H]3CC[C@]2(C)[C@H]1[C@H](C)C1=NC[C@@H](C)CC1. The van der Waals surface area contributed by atoms with Crippen molar-refractivity contribution in [2.45, 2.75) is 142 Å². The zero-order valence-electron chi connectivity index (χ0n) is 28.2. The Hall–Kier alpha value is -1.36. The molecule has 2 aliphatic heterocycles. The van der Waals surface area contributed by atoms with Crippen molar-refractivity contribution in [3.8, 4) is 0 Å². The van der Waals surface area contributed by atoms with Crippen LogP contribution in [-0.2, 0) is 19.0 Å². The molecule has 6 aliphatic rings. The maximum atomic E-state index is 12.4. The van der Waals surface area contributed by atoms with Crippen molar-refractivity contribution in [3.05, 3.63) is 11.6 Å². The maximum Gasteiger partial charge on any atom is 0.302 e. The van der Waals surface area contributed by atoms with Crippen LogP contribution < -0.4 is 0 Å². The molecule has 3 saturated carbocycles. The Morgan fingerprint density at radius 1 is 1.07 bits per heavy atom. The van der Waals surface area contributed by atoms with Gasteiger partial charge in [0.05, 0.1) is 12.7 Å². The third kappa shape index (κ3) is 5.45. The second-order valence-electron chi connectivity index (χ2n) is 16.3. The summed E-state index contributed by atoms with van der Waals surface area (Å²) in [6.07, 6.45) is 4.70. The summed E-state index contributed by atoms with van der Waals surface area (Å²) < 4.78 is 18.1. The molecular formula is C36H57NO8. The number of fused-ring (bicyclic) bond motifs is 5. The lowest BCUT2D eigenvalue weighted by molar-refractivity contribution is -0.313. The largest absolute Gasteiger partial charge is 0.462 e. The summed E-state index contributed by atoms with van der Waals surface area (Å²) in [5.41, 5.74) is 2.81. The third-order valence-electron chi connectivity index (χ3n) is 14.0. The van der Waals surface area contributed by atoms with Gasteiger partial charge in [-0.1, -0.05) is 46.3 Å². The Kier molecular flexibility index (Phi) is 9.14. The summed E-state index contributed by atoms with van der Waals surface area (Å²) >= 11 is 0.